The number of rotatable bonds is 1. The van der Waals surface area contributed by atoms with Crippen LogP contribution in [0.15, 0.2) is 36.4 Å². The Labute approximate surface area is 101 Å². The van der Waals surface area contributed by atoms with Gasteiger partial charge in [0.05, 0.1) is 0 Å². The van der Waals surface area contributed by atoms with Crippen molar-refractivity contribution >= 4 is 10.8 Å². The summed E-state index contributed by atoms with van der Waals surface area (Å²) < 4.78 is 0. The predicted molar refractivity (Wildman–Crippen MR) is 70.5 cm³/mol. The number of nitrogens with one attached hydrogen (secondary N) is 1. The molecule has 0 radical (unpaired) electrons. The lowest BCUT2D eigenvalue weighted by molar-refractivity contribution is 0.463. The van der Waals surface area contributed by atoms with Gasteiger partial charge in [0.1, 0.15) is 5.75 Å². The maximum atomic E-state index is 9.64. The molecule has 2 aromatic carbocycles. The van der Waals surface area contributed by atoms with E-state index >= 15 is 0 Å². The van der Waals surface area contributed by atoms with Crippen molar-refractivity contribution in [1.82, 2.24) is 5.32 Å². The third-order valence-corrected chi connectivity index (χ3v) is 3.64. The maximum absolute atomic E-state index is 9.64. The summed E-state index contributed by atoms with van der Waals surface area (Å²) in [4.78, 5) is 0. The van der Waals surface area contributed by atoms with Gasteiger partial charge in [-0.05, 0) is 53.8 Å². The lowest BCUT2D eigenvalue weighted by atomic mass is 9.88. The zero-order chi connectivity index (χ0) is 11.7. The van der Waals surface area contributed by atoms with E-state index in [1.165, 1.54) is 29.2 Å². The standard InChI is InChI=1S/C15H17NO/c17-13-7-6-11-3-1-5-14(15(11)9-13)12-4-2-8-16-10-12/h1,3,5-7,9,12,16-17H,2,4,8,10H2. The Hall–Kier alpha value is -1.54. The second-order valence-corrected chi connectivity index (χ2v) is 4.80. The van der Waals surface area contributed by atoms with Crippen LogP contribution >= 0.6 is 0 Å². The molecule has 88 valence electrons. The normalized spacial score (nSPS) is 20.6. The number of piperidine rings is 1. The first kappa shape index (κ1) is 10.6. The molecular formula is C15H17NO. The first-order valence-electron chi connectivity index (χ1n) is 6.27. The second kappa shape index (κ2) is 4.38. The van der Waals surface area contributed by atoms with Gasteiger partial charge in [-0.3, -0.25) is 0 Å². The van der Waals surface area contributed by atoms with Crippen LogP contribution < -0.4 is 5.32 Å². The topological polar surface area (TPSA) is 32.3 Å². The Morgan fingerprint density at radius 1 is 1.18 bits per heavy atom. The molecule has 1 aliphatic heterocycles. The molecule has 1 heterocycles. The fraction of sp³-hybridized carbons (Fsp3) is 0.333. The summed E-state index contributed by atoms with van der Waals surface area (Å²) in [6.45, 7) is 2.18. The second-order valence-electron chi connectivity index (χ2n) is 4.80. The van der Waals surface area contributed by atoms with Crippen molar-refractivity contribution in [3.8, 4) is 5.75 Å². The molecule has 0 spiro atoms. The van der Waals surface area contributed by atoms with E-state index in [1.807, 2.05) is 12.1 Å². The van der Waals surface area contributed by atoms with Crippen LogP contribution in [0.4, 0.5) is 0 Å². The van der Waals surface area contributed by atoms with Crippen LogP contribution in [0.1, 0.15) is 24.3 Å². The molecule has 0 amide bonds. The van der Waals surface area contributed by atoms with Gasteiger partial charge in [-0.15, -0.1) is 0 Å². The van der Waals surface area contributed by atoms with E-state index in [-0.39, 0.29) is 0 Å². The highest BCUT2D eigenvalue weighted by atomic mass is 16.3. The van der Waals surface area contributed by atoms with Crippen LogP contribution in [-0.2, 0) is 0 Å². The van der Waals surface area contributed by atoms with E-state index in [4.69, 9.17) is 0 Å². The number of hydrogen-bond acceptors (Lipinski definition) is 2. The smallest absolute Gasteiger partial charge is 0.116 e. The summed E-state index contributed by atoms with van der Waals surface area (Å²) in [6, 6.07) is 12.0. The first-order valence-corrected chi connectivity index (χ1v) is 6.27. The number of phenols is 1. The molecule has 1 aliphatic rings. The number of fused-ring (bicyclic) bond motifs is 1. The zero-order valence-corrected chi connectivity index (χ0v) is 9.82. The van der Waals surface area contributed by atoms with E-state index in [9.17, 15) is 5.11 Å². The zero-order valence-electron chi connectivity index (χ0n) is 9.82. The summed E-state index contributed by atoms with van der Waals surface area (Å²) in [5, 5.41) is 15.5. The Bertz CT molecular complexity index is 529. The van der Waals surface area contributed by atoms with Crippen LogP contribution in [0.5, 0.6) is 5.75 Å². The van der Waals surface area contributed by atoms with Crippen LogP contribution in [-0.4, -0.2) is 18.2 Å². The third kappa shape index (κ3) is 2.01. The van der Waals surface area contributed by atoms with Gasteiger partial charge >= 0.3 is 0 Å². The van der Waals surface area contributed by atoms with E-state index < -0.39 is 0 Å². The van der Waals surface area contributed by atoms with Crippen molar-refractivity contribution in [2.75, 3.05) is 13.1 Å². The van der Waals surface area contributed by atoms with Crippen LogP contribution in [0.2, 0.25) is 0 Å². The van der Waals surface area contributed by atoms with Gasteiger partial charge in [-0.1, -0.05) is 24.3 Å². The minimum Gasteiger partial charge on any atom is -0.508 e. The van der Waals surface area contributed by atoms with Gasteiger partial charge < -0.3 is 10.4 Å². The largest absolute Gasteiger partial charge is 0.508 e. The Kier molecular flexibility index (Phi) is 2.73. The molecule has 2 N–H and O–H groups in total. The molecule has 17 heavy (non-hydrogen) atoms. The molecular weight excluding hydrogens is 210 g/mol. The molecule has 2 heteroatoms. The van der Waals surface area contributed by atoms with Crippen molar-refractivity contribution in [1.29, 1.82) is 0 Å². The Balaban J connectivity index is 2.11. The molecule has 0 bridgehead atoms. The number of phenolic OH excluding ortho intramolecular Hbond substituents is 1. The van der Waals surface area contributed by atoms with Gasteiger partial charge in [0, 0.05) is 6.54 Å². The summed E-state index contributed by atoms with van der Waals surface area (Å²) in [5.41, 5.74) is 1.37. The lowest BCUT2D eigenvalue weighted by Gasteiger charge is -2.24. The molecule has 0 saturated carbocycles. The van der Waals surface area contributed by atoms with Crippen molar-refractivity contribution in [3.05, 3.63) is 42.0 Å². The van der Waals surface area contributed by atoms with Crippen molar-refractivity contribution < 1.29 is 5.11 Å². The van der Waals surface area contributed by atoms with E-state index in [1.54, 1.807) is 6.07 Å². The van der Waals surface area contributed by atoms with E-state index in [0.717, 1.165) is 13.1 Å². The highest BCUT2D eigenvalue weighted by Gasteiger charge is 2.17. The van der Waals surface area contributed by atoms with Crippen LogP contribution in [0, 0.1) is 0 Å². The average Bonchev–Trinajstić information content (AvgIpc) is 2.39. The van der Waals surface area contributed by atoms with Gasteiger partial charge in [-0.25, -0.2) is 0 Å². The minimum absolute atomic E-state index is 0.355. The predicted octanol–water partition coefficient (Wildman–Crippen LogP) is 3.01. The number of hydrogen-bond donors (Lipinski definition) is 2. The van der Waals surface area contributed by atoms with Crippen molar-refractivity contribution in [3.63, 3.8) is 0 Å². The van der Waals surface area contributed by atoms with Gasteiger partial charge in [0.25, 0.3) is 0 Å². The summed E-state index contributed by atoms with van der Waals surface area (Å²) in [7, 11) is 0. The molecule has 1 saturated heterocycles. The summed E-state index contributed by atoms with van der Waals surface area (Å²) in [6.07, 6.45) is 2.47. The highest BCUT2D eigenvalue weighted by Crippen LogP contribution is 2.31. The molecule has 1 atom stereocenters. The maximum Gasteiger partial charge on any atom is 0.116 e. The average molecular weight is 227 g/mol. The molecule has 1 fully saturated rings. The van der Waals surface area contributed by atoms with Gasteiger partial charge in [0.2, 0.25) is 0 Å². The fourth-order valence-electron chi connectivity index (χ4n) is 2.76. The monoisotopic (exact) mass is 227 g/mol. The first-order chi connectivity index (χ1) is 8.34. The Morgan fingerprint density at radius 2 is 2.12 bits per heavy atom. The van der Waals surface area contributed by atoms with Crippen molar-refractivity contribution in [2.45, 2.75) is 18.8 Å². The fourth-order valence-corrected chi connectivity index (χ4v) is 2.76. The van der Waals surface area contributed by atoms with Crippen LogP contribution in [0.25, 0.3) is 10.8 Å². The molecule has 2 aromatic rings. The third-order valence-electron chi connectivity index (χ3n) is 3.64. The minimum atomic E-state index is 0.355. The quantitative estimate of drug-likeness (QED) is 0.785. The number of benzene rings is 2. The van der Waals surface area contributed by atoms with Crippen molar-refractivity contribution in [2.24, 2.45) is 0 Å². The highest BCUT2D eigenvalue weighted by molar-refractivity contribution is 5.87. The van der Waals surface area contributed by atoms with E-state index in [0.29, 0.717) is 11.7 Å². The van der Waals surface area contributed by atoms with Gasteiger partial charge in [0.15, 0.2) is 0 Å². The SMILES string of the molecule is Oc1ccc2cccc(C3CCCNC3)c2c1. The van der Waals surface area contributed by atoms with Gasteiger partial charge in [-0.2, -0.15) is 0 Å². The van der Waals surface area contributed by atoms with E-state index in [2.05, 4.69) is 23.5 Å². The molecule has 3 rings (SSSR count). The molecule has 0 aromatic heterocycles. The molecule has 1 unspecified atom stereocenters. The molecule has 2 nitrogen and oxygen atoms in total. The summed E-state index contributed by atoms with van der Waals surface area (Å²) in [5.74, 6) is 0.933. The lowest BCUT2D eigenvalue weighted by Crippen LogP contribution is -2.28. The molecule has 0 aliphatic carbocycles. The Morgan fingerprint density at radius 3 is 2.94 bits per heavy atom. The number of aromatic hydroxyl groups is 1. The summed E-state index contributed by atoms with van der Waals surface area (Å²) >= 11 is 0. The van der Waals surface area contributed by atoms with Crippen LogP contribution in [0.3, 0.4) is 0 Å².